The Balaban J connectivity index is 2.00. The van der Waals surface area contributed by atoms with Crippen molar-refractivity contribution in [2.24, 2.45) is 5.92 Å². The number of methoxy groups -OCH3 is 1. The summed E-state index contributed by atoms with van der Waals surface area (Å²) < 4.78 is 5.29. The van der Waals surface area contributed by atoms with Crippen LogP contribution >= 0.6 is 0 Å². The molecule has 3 atom stereocenters. The molecule has 1 heterocycles. The van der Waals surface area contributed by atoms with Crippen LogP contribution in [0.15, 0.2) is 0 Å². The Morgan fingerprint density at radius 2 is 2.33 bits per heavy atom. The van der Waals surface area contributed by atoms with Gasteiger partial charge in [0, 0.05) is 25.6 Å². The van der Waals surface area contributed by atoms with Crippen molar-refractivity contribution in [1.82, 2.24) is 4.90 Å². The van der Waals surface area contributed by atoms with Gasteiger partial charge in [-0.3, -0.25) is 0 Å². The van der Waals surface area contributed by atoms with Gasteiger partial charge in [-0.15, -0.1) is 0 Å². The maximum absolute atomic E-state index is 5.29. The third-order valence-electron chi connectivity index (χ3n) is 2.62. The quantitative estimate of drug-likeness (QED) is 0.503. The zero-order chi connectivity index (χ0) is 6.43. The van der Waals surface area contributed by atoms with Crippen LogP contribution in [0.4, 0.5) is 0 Å². The molecule has 2 aliphatic rings. The van der Waals surface area contributed by atoms with E-state index in [1.165, 1.54) is 6.42 Å². The van der Waals surface area contributed by atoms with Crippen molar-refractivity contribution in [2.75, 3.05) is 20.7 Å². The van der Waals surface area contributed by atoms with Crippen molar-refractivity contribution in [3.8, 4) is 0 Å². The van der Waals surface area contributed by atoms with Crippen molar-refractivity contribution in [1.29, 1.82) is 0 Å². The van der Waals surface area contributed by atoms with Crippen LogP contribution in [0.1, 0.15) is 6.42 Å². The Morgan fingerprint density at radius 1 is 1.56 bits per heavy atom. The molecule has 52 valence electrons. The van der Waals surface area contributed by atoms with E-state index in [0.29, 0.717) is 6.10 Å². The summed E-state index contributed by atoms with van der Waals surface area (Å²) in [6.07, 6.45) is 1.91. The van der Waals surface area contributed by atoms with Gasteiger partial charge in [-0.25, -0.2) is 0 Å². The van der Waals surface area contributed by atoms with E-state index in [0.717, 1.165) is 18.5 Å². The zero-order valence-corrected chi connectivity index (χ0v) is 6.00. The lowest BCUT2D eigenvalue weighted by atomic mass is 10.3. The van der Waals surface area contributed by atoms with Gasteiger partial charge >= 0.3 is 0 Å². The lowest BCUT2D eigenvalue weighted by Crippen LogP contribution is -2.23. The van der Waals surface area contributed by atoms with Gasteiger partial charge in [-0.2, -0.15) is 0 Å². The zero-order valence-electron chi connectivity index (χ0n) is 6.00. The van der Waals surface area contributed by atoms with E-state index in [9.17, 15) is 0 Å². The number of ether oxygens (including phenoxy) is 1. The van der Waals surface area contributed by atoms with Gasteiger partial charge in [0.1, 0.15) is 0 Å². The Kier molecular flexibility index (Phi) is 1.08. The van der Waals surface area contributed by atoms with E-state index in [1.807, 2.05) is 7.11 Å². The van der Waals surface area contributed by atoms with Crippen LogP contribution in [0.5, 0.6) is 0 Å². The molecular formula is C7H13NO. The van der Waals surface area contributed by atoms with E-state index in [2.05, 4.69) is 11.9 Å². The van der Waals surface area contributed by atoms with Crippen LogP contribution in [-0.2, 0) is 4.74 Å². The number of hydrogen-bond acceptors (Lipinski definition) is 2. The third kappa shape index (κ3) is 0.700. The number of likely N-dealkylation sites (tertiary alicyclic amines) is 1. The van der Waals surface area contributed by atoms with E-state index in [4.69, 9.17) is 4.74 Å². The molecule has 1 unspecified atom stereocenters. The minimum atomic E-state index is 0.542. The van der Waals surface area contributed by atoms with Gasteiger partial charge in [-0.05, 0) is 13.5 Å². The summed E-state index contributed by atoms with van der Waals surface area (Å²) in [5, 5.41) is 0. The standard InChI is InChI=1S/C7H13NO/c1-8-4-7(9-2)5-3-6(5)8/h5-7H,3-4H2,1-2H3/t5-,6-,7?/m1/s1. The molecule has 1 saturated carbocycles. The number of nitrogens with zero attached hydrogens (tertiary/aromatic N) is 1. The molecule has 2 rings (SSSR count). The first-order valence-corrected chi connectivity index (χ1v) is 3.56. The highest BCUT2D eigenvalue weighted by Crippen LogP contribution is 2.44. The molecule has 1 aliphatic heterocycles. The monoisotopic (exact) mass is 127 g/mol. The molecule has 0 amide bonds. The summed E-state index contributed by atoms with van der Waals surface area (Å²) in [5.74, 6) is 0.875. The fraction of sp³-hybridized carbons (Fsp3) is 1.00. The molecule has 0 spiro atoms. The van der Waals surface area contributed by atoms with Crippen molar-refractivity contribution < 1.29 is 4.74 Å². The summed E-state index contributed by atoms with van der Waals surface area (Å²) in [4.78, 5) is 2.40. The van der Waals surface area contributed by atoms with Gasteiger partial charge in [0.2, 0.25) is 0 Å². The normalized spacial score (nSPS) is 49.3. The predicted octanol–water partition coefficient (Wildman–Crippen LogP) is 0.335. The smallest absolute Gasteiger partial charge is 0.0741 e. The maximum atomic E-state index is 5.29. The largest absolute Gasteiger partial charge is 0.380 e. The Bertz CT molecular complexity index is 126. The Hall–Kier alpha value is -0.0800. The lowest BCUT2D eigenvalue weighted by molar-refractivity contribution is 0.0879. The van der Waals surface area contributed by atoms with E-state index in [-0.39, 0.29) is 0 Å². The molecule has 0 aromatic heterocycles. The van der Waals surface area contributed by atoms with Gasteiger partial charge in [0.15, 0.2) is 0 Å². The number of hydrogen-bond donors (Lipinski definition) is 0. The SMILES string of the molecule is COC1CN(C)[C@@H]2C[C@@H]12. The number of likely N-dealkylation sites (N-methyl/N-ethyl adjacent to an activating group) is 1. The van der Waals surface area contributed by atoms with Gasteiger partial charge < -0.3 is 9.64 Å². The van der Waals surface area contributed by atoms with Crippen LogP contribution in [0.3, 0.4) is 0 Å². The molecule has 1 aliphatic carbocycles. The predicted molar refractivity (Wildman–Crippen MR) is 35.3 cm³/mol. The van der Waals surface area contributed by atoms with E-state index in [1.54, 1.807) is 0 Å². The summed E-state index contributed by atoms with van der Waals surface area (Å²) in [7, 11) is 4.00. The molecule has 2 fully saturated rings. The van der Waals surface area contributed by atoms with E-state index < -0.39 is 0 Å². The molecule has 2 nitrogen and oxygen atoms in total. The molecule has 2 heteroatoms. The van der Waals surface area contributed by atoms with Crippen molar-refractivity contribution >= 4 is 0 Å². The summed E-state index contributed by atoms with van der Waals surface area (Å²) in [5.41, 5.74) is 0. The molecule has 0 bridgehead atoms. The highest BCUT2D eigenvalue weighted by atomic mass is 16.5. The second-order valence-electron chi connectivity index (χ2n) is 3.18. The molecular weight excluding hydrogens is 114 g/mol. The molecule has 9 heavy (non-hydrogen) atoms. The number of piperidine rings is 1. The number of fused-ring (bicyclic) bond motifs is 1. The first-order valence-electron chi connectivity index (χ1n) is 3.56. The van der Waals surface area contributed by atoms with Gasteiger partial charge in [0.05, 0.1) is 6.10 Å². The maximum Gasteiger partial charge on any atom is 0.0741 e. The second-order valence-corrected chi connectivity index (χ2v) is 3.18. The molecule has 0 radical (unpaired) electrons. The highest BCUT2D eigenvalue weighted by molar-refractivity contribution is 5.05. The van der Waals surface area contributed by atoms with E-state index >= 15 is 0 Å². The topological polar surface area (TPSA) is 12.5 Å². The molecule has 0 aromatic rings. The molecule has 0 N–H and O–H groups in total. The molecule has 0 aromatic carbocycles. The highest BCUT2D eigenvalue weighted by Gasteiger charge is 2.51. The van der Waals surface area contributed by atoms with Crippen LogP contribution in [0.25, 0.3) is 0 Å². The van der Waals surface area contributed by atoms with Gasteiger partial charge in [0.25, 0.3) is 0 Å². The van der Waals surface area contributed by atoms with Crippen molar-refractivity contribution in [2.45, 2.75) is 18.6 Å². The Labute approximate surface area is 55.8 Å². The van der Waals surface area contributed by atoms with Crippen LogP contribution in [-0.4, -0.2) is 37.7 Å². The third-order valence-corrected chi connectivity index (χ3v) is 2.62. The average Bonchev–Trinajstić information content (AvgIpc) is 2.56. The fourth-order valence-corrected chi connectivity index (χ4v) is 1.91. The minimum Gasteiger partial charge on any atom is -0.380 e. The lowest BCUT2D eigenvalue weighted by Gasteiger charge is -2.13. The minimum absolute atomic E-state index is 0.542. The van der Waals surface area contributed by atoms with Crippen molar-refractivity contribution in [3.63, 3.8) is 0 Å². The Morgan fingerprint density at radius 3 is 2.56 bits per heavy atom. The summed E-state index contributed by atoms with van der Waals surface area (Å²) in [6, 6.07) is 0.870. The second kappa shape index (κ2) is 1.70. The van der Waals surface area contributed by atoms with Gasteiger partial charge in [-0.1, -0.05) is 0 Å². The van der Waals surface area contributed by atoms with Crippen LogP contribution in [0.2, 0.25) is 0 Å². The first-order chi connectivity index (χ1) is 4.33. The number of rotatable bonds is 1. The fourth-order valence-electron chi connectivity index (χ4n) is 1.91. The first kappa shape index (κ1) is 5.69. The summed E-state index contributed by atoms with van der Waals surface area (Å²) >= 11 is 0. The summed E-state index contributed by atoms with van der Waals surface area (Å²) in [6.45, 7) is 1.14. The van der Waals surface area contributed by atoms with Crippen LogP contribution in [0, 0.1) is 5.92 Å². The van der Waals surface area contributed by atoms with Crippen molar-refractivity contribution in [3.05, 3.63) is 0 Å². The van der Waals surface area contributed by atoms with Crippen LogP contribution < -0.4 is 0 Å². The average molecular weight is 127 g/mol. The molecule has 1 saturated heterocycles.